The summed E-state index contributed by atoms with van der Waals surface area (Å²) < 4.78 is 4.83. The Hall–Kier alpha value is 0.830. The van der Waals surface area contributed by atoms with Gasteiger partial charge in [-0.3, -0.25) is 0 Å². The van der Waals surface area contributed by atoms with Crippen molar-refractivity contribution in [2.45, 2.75) is 13.3 Å². The van der Waals surface area contributed by atoms with Gasteiger partial charge in [-0.1, -0.05) is 0 Å². The third kappa shape index (κ3) is 4.83. The third-order valence-electron chi connectivity index (χ3n) is 0.306. The first-order valence-electron chi connectivity index (χ1n) is 1.70. The summed E-state index contributed by atoms with van der Waals surface area (Å²) in [4.78, 5) is 0. The maximum atomic E-state index is 4.83. The van der Waals surface area contributed by atoms with Gasteiger partial charge >= 0.3 is 47.6 Å². The van der Waals surface area contributed by atoms with Crippen molar-refractivity contribution >= 4 is 0 Å². The van der Waals surface area contributed by atoms with Gasteiger partial charge in [0.2, 0.25) is 0 Å². The molecule has 0 radical (unpaired) electrons. The van der Waals surface area contributed by atoms with Crippen LogP contribution in [-0.4, -0.2) is 6.61 Å². The second-order valence-electron chi connectivity index (χ2n) is 0.848. The zero-order valence-electron chi connectivity index (χ0n) is 3.32. The van der Waals surface area contributed by atoms with Gasteiger partial charge in [-0.15, -0.1) is 0 Å². The molecule has 0 saturated heterocycles. The quantitative estimate of drug-likeness (QED) is 0.648. The van der Waals surface area contributed by atoms with Crippen LogP contribution in [0.5, 0.6) is 0 Å². The summed E-state index contributed by atoms with van der Waals surface area (Å²) in [5, 5.41) is 0. The van der Waals surface area contributed by atoms with Gasteiger partial charge in [0.05, 0.1) is 0 Å². The first-order valence-corrected chi connectivity index (χ1v) is 3.17. The standard InChI is InChI=1S/C3H7O.Hf/c1-2-3-4;/h2-3H2,1H3;/q-1;+1. The Kier molecular flexibility index (Phi) is 5.63. The van der Waals surface area contributed by atoms with Crippen molar-refractivity contribution in [3.8, 4) is 0 Å². The molecule has 0 fully saturated rings. The van der Waals surface area contributed by atoms with Gasteiger partial charge in [0, 0.05) is 0 Å². The zero-order chi connectivity index (χ0) is 4.12. The molecule has 0 aromatic heterocycles. The minimum absolute atomic E-state index is 0.899. The van der Waals surface area contributed by atoms with E-state index in [9.17, 15) is 0 Å². The molecule has 1 nitrogen and oxygen atoms in total. The fourth-order valence-corrected chi connectivity index (χ4v) is 0.835. The molecule has 0 aliphatic heterocycles. The molecule has 0 aromatic rings. The normalized spacial score (nSPS) is 8.00. The first kappa shape index (κ1) is 5.83. The van der Waals surface area contributed by atoms with Crippen molar-refractivity contribution in [1.29, 1.82) is 0 Å². The molecule has 0 saturated carbocycles. The molecule has 2 heteroatoms. The van der Waals surface area contributed by atoms with E-state index in [-0.39, 0.29) is 0 Å². The number of hydrogen-bond donors (Lipinski definition) is 0. The van der Waals surface area contributed by atoms with Crippen LogP contribution in [0.3, 0.4) is 0 Å². The van der Waals surface area contributed by atoms with Crippen LogP contribution in [-0.2, 0) is 27.7 Å². The van der Waals surface area contributed by atoms with Crippen molar-refractivity contribution in [2.75, 3.05) is 6.61 Å². The molecule has 0 aliphatic carbocycles. The van der Waals surface area contributed by atoms with E-state index in [1.807, 2.05) is 0 Å². The molecule has 0 heterocycles. The summed E-state index contributed by atoms with van der Waals surface area (Å²) in [6.07, 6.45) is 1.16. The molecule has 0 amide bonds. The Labute approximate surface area is 47.9 Å². The molecule has 0 aliphatic rings. The summed E-state index contributed by atoms with van der Waals surface area (Å²) in [6, 6.07) is 0. The Balaban J connectivity index is 2.19. The SMILES string of the molecule is CCC[O][Hf]. The number of hydrogen-bond acceptors (Lipinski definition) is 1. The van der Waals surface area contributed by atoms with Gasteiger partial charge in [-0.25, -0.2) is 0 Å². The van der Waals surface area contributed by atoms with E-state index < -0.39 is 0 Å². The fourth-order valence-electron chi connectivity index (χ4n) is 0.102. The van der Waals surface area contributed by atoms with Crippen LogP contribution in [0.25, 0.3) is 0 Å². The summed E-state index contributed by atoms with van der Waals surface area (Å²) in [5.74, 6) is 0. The summed E-state index contributed by atoms with van der Waals surface area (Å²) >= 11 is 0.899. The molecular weight excluding hydrogens is 231 g/mol. The monoisotopic (exact) mass is 239 g/mol. The Morgan fingerprint density at radius 3 is 2.40 bits per heavy atom. The molecule has 0 bridgehead atoms. The molecule has 0 rings (SSSR count). The molecule has 0 aromatic carbocycles. The summed E-state index contributed by atoms with van der Waals surface area (Å²) in [6.45, 7) is 3.06. The van der Waals surface area contributed by atoms with Crippen molar-refractivity contribution < 1.29 is 27.7 Å². The van der Waals surface area contributed by atoms with E-state index in [4.69, 9.17) is 2.85 Å². The average Bonchev–Trinajstić information content (AvgIpc) is 1.41. The van der Waals surface area contributed by atoms with E-state index >= 15 is 0 Å². The van der Waals surface area contributed by atoms with Gasteiger partial charge < -0.3 is 0 Å². The average molecular weight is 238 g/mol. The van der Waals surface area contributed by atoms with E-state index in [0.717, 1.165) is 37.8 Å². The molecule has 0 unspecified atom stereocenters. The fraction of sp³-hybridized carbons (Fsp3) is 1.00. The first-order chi connectivity index (χ1) is 2.41. The Morgan fingerprint density at radius 1 is 1.80 bits per heavy atom. The van der Waals surface area contributed by atoms with Gasteiger partial charge in [-0.2, -0.15) is 0 Å². The van der Waals surface area contributed by atoms with Crippen LogP contribution in [0.1, 0.15) is 13.3 Å². The molecule has 0 spiro atoms. The van der Waals surface area contributed by atoms with Gasteiger partial charge in [0.1, 0.15) is 0 Å². The maximum absolute atomic E-state index is 4.83. The van der Waals surface area contributed by atoms with Crippen LogP contribution >= 0.6 is 0 Å². The molecule has 0 N–H and O–H groups in total. The van der Waals surface area contributed by atoms with Gasteiger partial charge in [0.15, 0.2) is 0 Å². The summed E-state index contributed by atoms with van der Waals surface area (Å²) in [5.41, 5.74) is 0. The van der Waals surface area contributed by atoms with E-state index in [1.54, 1.807) is 0 Å². The predicted molar refractivity (Wildman–Crippen MR) is 16.2 cm³/mol. The van der Waals surface area contributed by atoms with E-state index in [0.29, 0.717) is 0 Å². The predicted octanol–water partition coefficient (Wildman–Crippen LogP) is 0.875. The van der Waals surface area contributed by atoms with Crippen LogP contribution in [0, 0.1) is 0 Å². The Morgan fingerprint density at radius 2 is 2.40 bits per heavy atom. The van der Waals surface area contributed by atoms with Crippen LogP contribution in [0.15, 0.2) is 0 Å². The molecule has 5 heavy (non-hydrogen) atoms. The van der Waals surface area contributed by atoms with Crippen LogP contribution < -0.4 is 0 Å². The summed E-state index contributed by atoms with van der Waals surface area (Å²) in [7, 11) is 0. The van der Waals surface area contributed by atoms with Crippen molar-refractivity contribution in [3.05, 3.63) is 0 Å². The molecule has 29 valence electrons. The van der Waals surface area contributed by atoms with Crippen LogP contribution in [0.4, 0.5) is 0 Å². The van der Waals surface area contributed by atoms with Crippen molar-refractivity contribution in [1.82, 2.24) is 0 Å². The molecule has 0 atom stereocenters. The van der Waals surface area contributed by atoms with Crippen LogP contribution in [0.2, 0.25) is 0 Å². The third-order valence-corrected chi connectivity index (χ3v) is 1.04. The van der Waals surface area contributed by atoms with E-state index in [2.05, 4.69) is 6.92 Å². The topological polar surface area (TPSA) is 9.23 Å². The van der Waals surface area contributed by atoms with Gasteiger partial charge in [-0.05, 0) is 0 Å². The van der Waals surface area contributed by atoms with E-state index in [1.165, 1.54) is 0 Å². The second-order valence-corrected chi connectivity index (χ2v) is 1.89. The number of rotatable bonds is 2. The van der Waals surface area contributed by atoms with Gasteiger partial charge in [0.25, 0.3) is 0 Å². The molecular formula is C3H7HfO. The minimum atomic E-state index is 0.899. The van der Waals surface area contributed by atoms with Crippen molar-refractivity contribution in [3.63, 3.8) is 0 Å². The second kappa shape index (κ2) is 4.83. The van der Waals surface area contributed by atoms with Crippen molar-refractivity contribution in [2.24, 2.45) is 0 Å². The Bertz CT molecular complexity index is 14.4. The zero-order valence-corrected chi connectivity index (χ0v) is 6.92.